The first-order chi connectivity index (χ1) is 22.0. The van der Waals surface area contributed by atoms with Gasteiger partial charge in [0, 0.05) is 54.8 Å². The SMILES string of the molecule is C[C@H](Nc1ncnc2[nH]ccc(=O)c12)c1c(Cl)c2cccc(N3CCC(OC(=O)NC(C)(C)C)CC3)c2c(=O)n1-c1ccccc1. The molecule has 1 fully saturated rings. The Kier molecular flexibility index (Phi) is 8.43. The van der Waals surface area contributed by atoms with Gasteiger partial charge in [0.05, 0.1) is 27.8 Å². The van der Waals surface area contributed by atoms with Gasteiger partial charge in [0.15, 0.2) is 5.43 Å². The number of aromatic nitrogens is 4. The number of carbonyl (C=O) groups is 1. The van der Waals surface area contributed by atoms with E-state index in [-0.39, 0.29) is 22.6 Å². The van der Waals surface area contributed by atoms with Gasteiger partial charge in [0.1, 0.15) is 29.3 Å². The minimum Gasteiger partial charge on any atom is -0.446 e. The maximum Gasteiger partial charge on any atom is 0.407 e. The quantitative estimate of drug-likeness (QED) is 0.207. The molecule has 12 heteroatoms. The zero-order valence-corrected chi connectivity index (χ0v) is 26.9. The lowest BCUT2D eigenvalue weighted by atomic mass is 10.0. The molecule has 1 amide bonds. The van der Waals surface area contributed by atoms with Crippen LogP contribution in [0.3, 0.4) is 0 Å². The molecule has 6 rings (SSSR count). The number of nitrogens with one attached hydrogen (secondary N) is 3. The van der Waals surface area contributed by atoms with E-state index in [0.717, 1.165) is 5.69 Å². The number of hydrogen-bond donors (Lipinski definition) is 3. The van der Waals surface area contributed by atoms with Gasteiger partial charge in [-0.2, -0.15) is 0 Å². The first kappa shape index (κ1) is 31.1. The number of rotatable bonds is 6. The number of amides is 1. The number of aromatic amines is 1. The van der Waals surface area contributed by atoms with Crippen molar-refractivity contribution in [2.75, 3.05) is 23.3 Å². The van der Waals surface area contributed by atoms with E-state index >= 15 is 0 Å². The number of nitrogens with zero attached hydrogens (tertiary/aromatic N) is 4. The highest BCUT2D eigenvalue weighted by atomic mass is 35.5. The largest absolute Gasteiger partial charge is 0.446 e. The van der Waals surface area contributed by atoms with Gasteiger partial charge in [-0.1, -0.05) is 41.9 Å². The van der Waals surface area contributed by atoms with Crippen molar-refractivity contribution < 1.29 is 9.53 Å². The van der Waals surface area contributed by atoms with E-state index in [2.05, 4.69) is 30.5 Å². The number of para-hydroxylation sites is 1. The fourth-order valence-electron chi connectivity index (χ4n) is 5.98. The standard InChI is InChI=1S/C34H36ClN7O4/c1-20(39-31-27-25(43)13-16-36-30(27)37-19-38-31)29-28(35)23-11-8-12-24(26(23)32(44)42(29)21-9-6-5-7-10-21)41-17-14-22(15-18-41)46-33(45)40-34(2,3)4/h5-13,16,19-20,22H,14-15,17-18H2,1-4H3,(H,40,45)(H2,36,37,38,39,43)/t20-/m0/s1. The van der Waals surface area contributed by atoms with Crippen molar-refractivity contribution in [2.45, 2.75) is 58.2 Å². The summed E-state index contributed by atoms with van der Waals surface area (Å²) in [6.07, 6.45) is 3.51. The van der Waals surface area contributed by atoms with Crippen LogP contribution in [-0.4, -0.2) is 50.3 Å². The molecule has 0 saturated carbocycles. The lowest BCUT2D eigenvalue weighted by Crippen LogP contribution is -2.44. The van der Waals surface area contributed by atoms with Crippen molar-refractivity contribution in [1.82, 2.24) is 24.8 Å². The lowest BCUT2D eigenvalue weighted by molar-refractivity contribution is 0.0777. The zero-order valence-electron chi connectivity index (χ0n) is 26.1. The highest BCUT2D eigenvalue weighted by molar-refractivity contribution is 6.36. The maximum atomic E-state index is 14.6. The monoisotopic (exact) mass is 641 g/mol. The molecule has 1 saturated heterocycles. The number of ether oxygens (including phenoxy) is 1. The second kappa shape index (κ2) is 12.5. The third kappa shape index (κ3) is 6.15. The summed E-state index contributed by atoms with van der Waals surface area (Å²) < 4.78 is 7.31. The fourth-order valence-corrected chi connectivity index (χ4v) is 6.38. The number of alkyl carbamates (subject to hydrolysis) is 1. The Hall–Kier alpha value is -4.90. The summed E-state index contributed by atoms with van der Waals surface area (Å²) in [5.41, 5.74) is 1.50. The lowest BCUT2D eigenvalue weighted by Gasteiger charge is -2.34. The van der Waals surface area contributed by atoms with Crippen LogP contribution in [0.4, 0.5) is 16.3 Å². The topological polar surface area (TPSA) is 134 Å². The highest BCUT2D eigenvalue weighted by Crippen LogP contribution is 2.37. The molecule has 4 heterocycles. The van der Waals surface area contributed by atoms with Crippen LogP contribution in [0.2, 0.25) is 5.02 Å². The van der Waals surface area contributed by atoms with Gasteiger partial charge in [-0.15, -0.1) is 0 Å². The van der Waals surface area contributed by atoms with Crippen molar-refractivity contribution in [3.63, 3.8) is 0 Å². The third-order valence-electron chi connectivity index (χ3n) is 8.02. The summed E-state index contributed by atoms with van der Waals surface area (Å²) in [6, 6.07) is 15.9. The summed E-state index contributed by atoms with van der Waals surface area (Å²) in [7, 11) is 0. The van der Waals surface area contributed by atoms with Crippen molar-refractivity contribution in [3.8, 4) is 5.69 Å². The fraction of sp³-hybridized carbons (Fsp3) is 0.324. The van der Waals surface area contributed by atoms with Gasteiger partial charge in [0.25, 0.3) is 5.56 Å². The van der Waals surface area contributed by atoms with Crippen LogP contribution >= 0.6 is 11.6 Å². The Balaban J connectivity index is 1.40. The average Bonchev–Trinajstić information content (AvgIpc) is 3.02. The molecule has 0 unspecified atom stereocenters. The number of piperidine rings is 1. The van der Waals surface area contributed by atoms with Gasteiger partial charge in [0.2, 0.25) is 0 Å². The van der Waals surface area contributed by atoms with E-state index in [4.69, 9.17) is 16.3 Å². The maximum absolute atomic E-state index is 14.6. The number of carbonyl (C=O) groups excluding carboxylic acids is 1. The second-order valence-corrected chi connectivity index (χ2v) is 12.9. The zero-order chi connectivity index (χ0) is 32.6. The van der Waals surface area contributed by atoms with Crippen molar-refractivity contribution in [2.24, 2.45) is 0 Å². The molecule has 1 aliphatic heterocycles. The van der Waals surface area contributed by atoms with Crippen molar-refractivity contribution in [1.29, 1.82) is 0 Å². The molecule has 5 aromatic rings. The van der Waals surface area contributed by atoms with Crippen LogP contribution in [-0.2, 0) is 4.74 Å². The molecular weight excluding hydrogens is 606 g/mol. The number of hydrogen-bond acceptors (Lipinski definition) is 8. The highest BCUT2D eigenvalue weighted by Gasteiger charge is 2.28. The number of benzene rings is 2. The number of halogens is 1. The van der Waals surface area contributed by atoms with E-state index in [0.29, 0.717) is 70.0 Å². The van der Waals surface area contributed by atoms with Gasteiger partial charge >= 0.3 is 6.09 Å². The molecule has 3 aromatic heterocycles. The second-order valence-electron chi connectivity index (χ2n) is 12.5. The van der Waals surface area contributed by atoms with Crippen molar-refractivity contribution >= 4 is 51.0 Å². The molecule has 0 spiro atoms. The average molecular weight is 642 g/mol. The molecule has 11 nitrogen and oxygen atoms in total. The summed E-state index contributed by atoms with van der Waals surface area (Å²) >= 11 is 7.24. The van der Waals surface area contributed by atoms with Crippen LogP contribution in [0.1, 0.15) is 52.3 Å². The molecule has 2 aromatic carbocycles. The number of fused-ring (bicyclic) bond motifs is 2. The predicted molar refractivity (Wildman–Crippen MR) is 181 cm³/mol. The van der Waals surface area contributed by atoms with Crippen LogP contribution in [0.15, 0.2) is 76.7 Å². The van der Waals surface area contributed by atoms with E-state index in [1.807, 2.05) is 76.2 Å². The van der Waals surface area contributed by atoms with E-state index in [1.54, 1.807) is 4.57 Å². The Bertz CT molecular complexity index is 2020. The molecule has 3 N–H and O–H groups in total. The van der Waals surface area contributed by atoms with Crippen LogP contribution < -0.4 is 26.5 Å². The summed E-state index contributed by atoms with van der Waals surface area (Å²) in [5, 5.41) is 8.01. The normalized spacial score (nSPS) is 14.8. The smallest absolute Gasteiger partial charge is 0.407 e. The third-order valence-corrected chi connectivity index (χ3v) is 8.42. The predicted octanol–water partition coefficient (Wildman–Crippen LogP) is 5.94. The minimum atomic E-state index is -0.543. The molecule has 238 valence electrons. The van der Waals surface area contributed by atoms with Gasteiger partial charge in [-0.25, -0.2) is 14.8 Å². The molecule has 0 aliphatic carbocycles. The molecule has 1 atom stereocenters. The summed E-state index contributed by atoms with van der Waals surface area (Å²) in [6.45, 7) is 8.81. The summed E-state index contributed by atoms with van der Waals surface area (Å²) in [5.74, 6) is 0.331. The molecule has 0 bridgehead atoms. The first-order valence-corrected chi connectivity index (χ1v) is 15.6. The first-order valence-electron chi connectivity index (χ1n) is 15.3. The van der Waals surface area contributed by atoms with Crippen molar-refractivity contribution in [3.05, 3.63) is 98.4 Å². The number of pyridine rings is 2. The number of H-pyrrole nitrogens is 1. The molecule has 46 heavy (non-hydrogen) atoms. The van der Waals surface area contributed by atoms with E-state index < -0.39 is 12.1 Å². The Morgan fingerprint density at radius 2 is 1.76 bits per heavy atom. The number of anilines is 2. The Morgan fingerprint density at radius 3 is 2.48 bits per heavy atom. The summed E-state index contributed by atoms with van der Waals surface area (Å²) in [4.78, 5) is 53.4. The molecule has 0 radical (unpaired) electrons. The van der Waals surface area contributed by atoms with Crippen LogP contribution in [0.5, 0.6) is 0 Å². The van der Waals surface area contributed by atoms with Crippen LogP contribution in [0, 0.1) is 0 Å². The van der Waals surface area contributed by atoms with Gasteiger partial charge < -0.3 is 25.3 Å². The minimum absolute atomic E-state index is 0.221. The Morgan fingerprint density at radius 1 is 1.02 bits per heavy atom. The molecule has 1 aliphatic rings. The van der Waals surface area contributed by atoms with E-state index in [9.17, 15) is 14.4 Å². The van der Waals surface area contributed by atoms with Crippen LogP contribution in [0.25, 0.3) is 27.5 Å². The van der Waals surface area contributed by atoms with E-state index in [1.165, 1.54) is 18.6 Å². The van der Waals surface area contributed by atoms with Gasteiger partial charge in [-0.05, 0) is 45.9 Å². The molecular formula is C34H36ClN7O4. The Labute approximate surface area is 270 Å². The van der Waals surface area contributed by atoms with Gasteiger partial charge in [-0.3, -0.25) is 14.2 Å².